The van der Waals surface area contributed by atoms with E-state index < -0.39 is 36.2 Å². The predicted molar refractivity (Wildman–Crippen MR) is 110 cm³/mol. The third kappa shape index (κ3) is 9.27. The second-order valence-corrected chi connectivity index (χ2v) is 8.02. The van der Waals surface area contributed by atoms with Crippen molar-refractivity contribution >= 4 is 30.6 Å². The molecule has 0 unspecified atom stereocenters. The zero-order valence-corrected chi connectivity index (χ0v) is 18.0. The fraction of sp³-hybridized carbons (Fsp3) is 0.562. The van der Waals surface area contributed by atoms with Crippen LogP contribution in [-0.4, -0.2) is 49.6 Å². The highest BCUT2D eigenvalue weighted by Crippen LogP contribution is 2.39. The van der Waals surface area contributed by atoms with Gasteiger partial charge < -0.3 is 20.2 Å². The van der Waals surface area contributed by atoms with Crippen LogP contribution < -0.4 is 10.6 Å². The number of nitrogens with one attached hydrogen (secondary N) is 2. The lowest BCUT2D eigenvalue weighted by Crippen LogP contribution is -2.23. The Bertz CT molecular complexity index is 821. The minimum Gasteiger partial charge on any atom is -0.480 e. The normalized spacial score (nSPS) is 10.9. The lowest BCUT2D eigenvalue weighted by molar-refractivity contribution is -0.392. The molecule has 170 valence electrons. The summed E-state index contributed by atoms with van der Waals surface area (Å²) in [5, 5.41) is 35.5. The molecule has 1 rings (SSSR count). The summed E-state index contributed by atoms with van der Waals surface area (Å²) >= 11 is 0. The van der Waals surface area contributed by atoms with Gasteiger partial charge in [0.15, 0.2) is 5.69 Å². The van der Waals surface area contributed by atoms with E-state index in [1.807, 2.05) is 13.8 Å². The van der Waals surface area contributed by atoms with E-state index in [0.29, 0.717) is 11.1 Å². The third-order valence-corrected chi connectivity index (χ3v) is 4.74. The van der Waals surface area contributed by atoms with Gasteiger partial charge in [0.1, 0.15) is 0 Å². The van der Waals surface area contributed by atoms with Crippen molar-refractivity contribution in [1.29, 1.82) is 0 Å². The van der Waals surface area contributed by atoms with E-state index in [9.17, 15) is 29.6 Å². The second-order valence-electron chi connectivity index (χ2n) is 6.38. The maximum atomic E-state index is 11.3. The van der Waals surface area contributed by atoms with Crippen molar-refractivity contribution in [2.24, 2.45) is 0 Å². The number of rotatable bonds is 10. The number of aliphatic carboxylic acids is 1. The molecular formula is C16H27N4O9P. The van der Waals surface area contributed by atoms with Crippen LogP contribution in [0.25, 0.3) is 0 Å². The van der Waals surface area contributed by atoms with Crippen LogP contribution in [0, 0.1) is 34.1 Å². The standard InChI is InChI=1S/C13H19N3O4.C3H8NO5P/c1-5-10(6-2)14-12-11(15(17)18)7-8(3)9(4)13(12)16(19)20;5-3(6)1-4-2-10(7,8)9/h7,10,14H,5-6H2,1-4H3;4H,1-2H2,(H,5,6)(H2,7,8,9). The fourth-order valence-corrected chi connectivity index (χ4v) is 2.80. The number of nitro benzene ring substituents is 2. The Morgan fingerprint density at radius 3 is 2.07 bits per heavy atom. The molecule has 30 heavy (non-hydrogen) atoms. The van der Waals surface area contributed by atoms with Gasteiger partial charge in [-0.25, -0.2) is 0 Å². The Labute approximate surface area is 172 Å². The minimum atomic E-state index is -4.10. The number of hydrogen-bond acceptors (Lipinski definition) is 8. The zero-order valence-electron chi connectivity index (χ0n) is 17.1. The first-order chi connectivity index (χ1) is 13.7. The number of nitrogens with zero attached hydrogens (tertiary/aromatic N) is 2. The van der Waals surface area contributed by atoms with E-state index >= 15 is 0 Å². The molecule has 0 aromatic heterocycles. The van der Waals surface area contributed by atoms with Gasteiger partial charge >= 0.3 is 19.3 Å². The quantitative estimate of drug-likeness (QED) is 0.199. The second kappa shape index (κ2) is 12.2. The highest BCUT2D eigenvalue weighted by molar-refractivity contribution is 7.51. The molecule has 0 atom stereocenters. The number of carbonyl (C=O) groups is 1. The fourth-order valence-electron chi connectivity index (χ4n) is 2.40. The molecule has 1 aromatic carbocycles. The van der Waals surface area contributed by atoms with Crippen LogP contribution in [0.1, 0.15) is 37.8 Å². The van der Waals surface area contributed by atoms with Gasteiger partial charge in [-0.2, -0.15) is 0 Å². The number of nitro groups is 2. The number of carboxylic acid groups (broad SMARTS) is 1. The Kier molecular flexibility index (Phi) is 11.1. The average molecular weight is 450 g/mol. The number of carboxylic acids is 1. The van der Waals surface area contributed by atoms with E-state index in [0.717, 1.165) is 12.8 Å². The molecule has 0 saturated carbocycles. The van der Waals surface area contributed by atoms with Crippen molar-refractivity contribution in [2.75, 3.05) is 18.1 Å². The van der Waals surface area contributed by atoms with Gasteiger partial charge in [0.2, 0.25) is 0 Å². The lowest BCUT2D eigenvalue weighted by Gasteiger charge is -2.17. The molecule has 0 fully saturated rings. The first-order valence-electron chi connectivity index (χ1n) is 8.91. The maximum absolute atomic E-state index is 11.3. The molecule has 13 nitrogen and oxygen atoms in total. The number of hydrogen-bond donors (Lipinski definition) is 5. The summed E-state index contributed by atoms with van der Waals surface area (Å²) in [6.45, 7) is 6.66. The van der Waals surface area contributed by atoms with Crippen LogP contribution >= 0.6 is 7.60 Å². The lowest BCUT2D eigenvalue weighted by atomic mass is 10.0. The molecule has 0 heterocycles. The monoisotopic (exact) mass is 450 g/mol. The van der Waals surface area contributed by atoms with Crippen molar-refractivity contribution in [3.8, 4) is 0 Å². The van der Waals surface area contributed by atoms with Crippen molar-refractivity contribution in [1.82, 2.24) is 5.32 Å². The first kappa shape index (κ1) is 27.4. The first-order valence-corrected chi connectivity index (χ1v) is 10.7. The van der Waals surface area contributed by atoms with Crippen LogP contribution in [0.15, 0.2) is 6.07 Å². The smallest absolute Gasteiger partial charge is 0.339 e. The van der Waals surface area contributed by atoms with Gasteiger partial charge in [0.25, 0.3) is 5.69 Å². The van der Waals surface area contributed by atoms with Crippen molar-refractivity contribution in [3.63, 3.8) is 0 Å². The summed E-state index contributed by atoms with van der Waals surface area (Å²) in [6, 6.07) is 1.35. The van der Waals surface area contributed by atoms with Crippen LogP contribution in [0.3, 0.4) is 0 Å². The van der Waals surface area contributed by atoms with Crippen LogP contribution in [-0.2, 0) is 9.36 Å². The van der Waals surface area contributed by atoms with Gasteiger partial charge in [-0.05, 0) is 32.3 Å². The summed E-state index contributed by atoms with van der Waals surface area (Å²) in [7, 11) is -4.10. The average Bonchev–Trinajstić information content (AvgIpc) is 2.60. The molecule has 14 heteroatoms. The van der Waals surface area contributed by atoms with Crippen LogP contribution in [0.2, 0.25) is 0 Å². The van der Waals surface area contributed by atoms with E-state index in [-0.39, 0.29) is 23.1 Å². The molecule has 0 amide bonds. The topological polar surface area (TPSA) is 205 Å². The molecule has 0 saturated heterocycles. The van der Waals surface area contributed by atoms with Crippen molar-refractivity contribution in [2.45, 2.75) is 46.6 Å². The number of benzene rings is 1. The Hall–Kier alpha value is -2.60. The molecule has 0 aliphatic heterocycles. The van der Waals surface area contributed by atoms with Gasteiger partial charge in [-0.3, -0.25) is 34.9 Å². The van der Waals surface area contributed by atoms with E-state index in [1.54, 1.807) is 13.8 Å². The molecule has 0 bridgehead atoms. The van der Waals surface area contributed by atoms with E-state index in [1.165, 1.54) is 6.07 Å². The molecule has 5 N–H and O–H groups in total. The van der Waals surface area contributed by atoms with E-state index in [4.69, 9.17) is 14.9 Å². The largest absolute Gasteiger partial charge is 0.480 e. The summed E-state index contributed by atoms with van der Waals surface area (Å²) in [5.41, 5.74) is 0.555. The van der Waals surface area contributed by atoms with Gasteiger partial charge in [0.05, 0.1) is 22.7 Å². The van der Waals surface area contributed by atoms with Gasteiger partial charge in [-0.1, -0.05) is 13.8 Å². The zero-order chi connectivity index (χ0) is 23.6. The highest BCUT2D eigenvalue weighted by atomic mass is 31.2. The molecule has 0 aliphatic carbocycles. The number of aryl methyl sites for hydroxylation is 1. The Balaban J connectivity index is 0.000000710. The molecule has 0 aliphatic rings. The van der Waals surface area contributed by atoms with Crippen molar-refractivity contribution < 1.29 is 34.1 Å². The summed E-state index contributed by atoms with van der Waals surface area (Å²) in [6.07, 6.45) is 0.870. The minimum absolute atomic E-state index is 0.0109. The third-order valence-electron chi connectivity index (χ3n) is 4.10. The highest BCUT2D eigenvalue weighted by Gasteiger charge is 2.30. The maximum Gasteiger partial charge on any atom is 0.339 e. The number of anilines is 1. The van der Waals surface area contributed by atoms with Crippen LogP contribution in [0.5, 0.6) is 0 Å². The summed E-state index contributed by atoms with van der Waals surface area (Å²) in [4.78, 5) is 47.4. The summed E-state index contributed by atoms with van der Waals surface area (Å²) < 4.78 is 10.1. The van der Waals surface area contributed by atoms with Crippen molar-refractivity contribution in [3.05, 3.63) is 37.4 Å². The molecule has 1 aromatic rings. The molecular weight excluding hydrogens is 423 g/mol. The molecule has 0 spiro atoms. The SMILES string of the molecule is CCC(CC)Nc1c([N+](=O)[O-])cc(C)c(C)c1[N+](=O)[O-].O=C(O)CNCP(=O)(O)O. The van der Waals surface area contributed by atoms with Gasteiger partial charge in [-0.15, -0.1) is 0 Å². The predicted octanol–water partition coefficient (Wildman–Crippen LogP) is 2.52. The van der Waals surface area contributed by atoms with Gasteiger partial charge in [0, 0.05) is 17.7 Å². The Morgan fingerprint density at radius 1 is 1.17 bits per heavy atom. The Morgan fingerprint density at radius 2 is 1.70 bits per heavy atom. The molecule has 0 radical (unpaired) electrons. The van der Waals surface area contributed by atoms with E-state index in [2.05, 4.69) is 10.6 Å². The van der Waals surface area contributed by atoms with Crippen LogP contribution in [0.4, 0.5) is 17.1 Å². The summed E-state index contributed by atoms with van der Waals surface area (Å²) in [5.74, 6) is -1.14.